The van der Waals surface area contributed by atoms with Gasteiger partial charge in [-0.15, -0.1) is 0 Å². The average Bonchev–Trinajstić information content (AvgIpc) is 2.35. The zero-order valence-corrected chi connectivity index (χ0v) is 11.7. The number of benzene rings is 1. The maximum Gasteiger partial charge on any atom is 0.248 e. The summed E-state index contributed by atoms with van der Waals surface area (Å²) < 4.78 is 5.85. The van der Waals surface area contributed by atoms with Gasteiger partial charge in [-0.05, 0) is 31.0 Å². The highest BCUT2D eigenvalue weighted by molar-refractivity contribution is 9.09. The summed E-state index contributed by atoms with van der Waals surface area (Å²) in [7, 11) is 0. The van der Waals surface area contributed by atoms with E-state index in [1.165, 1.54) is 0 Å². The van der Waals surface area contributed by atoms with Gasteiger partial charge in [0.2, 0.25) is 5.91 Å². The number of nitrogens with two attached hydrogens (primary N) is 1. The Morgan fingerprint density at radius 2 is 2.12 bits per heavy atom. The fourth-order valence-electron chi connectivity index (χ4n) is 1.57. The number of hydrogen-bond acceptors (Lipinski definition) is 2. The summed E-state index contributed by atoms with van der Waals surface area (Å²) in [5.41, 5.74) is 5.70. The van der Waals surface area contributed by atoms with Crippen molar-refractivity contribution >= 4 is 21.8 Å². The van der Waals surface area contributed by atoms with Crippen molar-refractivity contribution in [1.82, 2.24) is 0 Å². The number of halogens is 1. The van der Waals surface area contributed by atoms with Gasteiger partial charge in [0.1, 0.15) is 11.9 Å². The van der Waals surface area contributed by atoms with Crippen molar-refractivity contribution in [3.63, 3.8) is 0 Å². The van der Waals surface area contributed by atoms with Gasteiger partial charge >= 0.3 is 0 Å². The van der Waals surface area contributed by atoms with E-state index in [4.69, 9.17) is 10.5 Å². The van der Waals surface area contributed by atoms with Gasteiger partial charge in [0, 0.05) is 5.56 Å². The van der Waals surface area contributed by atoms with Gasteiger partial charge < -0.3 is 10.5 Å². The van der Waals surface area contributed by atoms with E-state index in [-0.39, 0.29) is 6.10 Å². The Bertz CT molecular complexity index is 381. The van der Waals surface area contributed by atoms with Gasteiger partial charge in [-0.3, -0.25) is 4.79 Å². The lowest BCUT2D eigenvalue weighted by molar-refractivity contribution is 0.0999. The summed E-state index contributed by atoms with van der Waals surface area (Å²) in [6.45, 7) is 4.18. The van der Waals surface area contributed by atoms with E-state index in [0.29, 0.717) is 16.1 Å². The molecular weight excluding hydrogens is 282 g/mol. The van der Waals surface area contributed by atoms with Crippen molar-refractivity contribution in [3.8, 4) is 5.75 Å². The van der Waals surface area contributed by atoms with Crippen LogP contribution in [0, 0.1) is 0 Å². The molecule has 1 aromatic carbocycles. The van der Waals surface area contributed by atoms with Gasteiger partial charge in [-0.25, -0.2) is 0 Å². The Balaban J connectivity index is 2.79. The molecule has 0 fully saturated rings. The first-order chi connectivity index (χ1) is 8.08. The Hall–Kier alpha value is -1.03. The van der Waals surface area contributed by atoms with Gasteiger partial charge in [0.15, 0.2) is 0 Å². The third kappa shape index (κ3) is 4.04. The van der Waals surface area contributed by atoms with Crippen LogP contribution in [0.4, 0.5) is 0 Å². The molecule has 0 bridgehead atoms. The van der Waals surface area contributed by atoms with Gasteiger partial charge in [-0.1, -0.05) is 35.8 Å². The second-order valence-corrected chi connectivity index (χ2v) is 5.06. The summed E-state index contributed by atoms with van der Waals surface area (Å²) >= 11 is 3.59. The molecule has 0 saturated carbocycles. The number of carbonyl (C=O) groups excluding carboxylic acids is 1. The predicted molar refractivity (Wildman–Crippen MR) is 72.7 cm³/mol. The van der Waals surface area contributed by atoms with Crippen LogP contribution in [0.25, 0.3) is 0 Å². The lowest BCUT2D eigenvalue weighted by Gasteiger charge is -2.22. The van der Waals surface area contributed by atoms with Crippen molar-refractivity contribution in [1.29, 1.82) is 0 Å². The number of hydrogen-bond donors (Lipinski definition) is 1. The maximum absolute atomic E-state index is 11.1. The molecule has 0 aliphatic rings. The molecule has 94 valence electrons. The van der Waals surface area contributed by atoms with Crippen LogP contribution in [0.5, 0.6) is 5.75 Å². The van der Waals surface area contributed by atoms with Crippen LogP contribution >= 0.6 is 15.9 Å². The zero-order valence-electron chi connectivity index (χ0n) is 10.2. The van der Waals surface area contributed by atoms with Crippen LogP contribution in [-0.4, -0.2) is 16.8 Å². The first-order valence-corrected chi connectivity index (χ1v) is 6.70. The van der Waals surface area contributed by atoms with Crippen LogP contribution < -0.4 is 10.5 Å². The molecule has 1 amide bonds. The largest absolute Gasteiger partial charge is 0.489 e. The first-order valence-electron chi connectivity index (χ1n) is 5.79. The molecule has 17 heavy (non-hydrogen) atoms. The van der Waals surface area contributed by atoms with Crippen molar-refractivity contribution in [2.24, 2.45) is 5.73 Å². The highest BCUT2D eigenvalue weighted by atomic mass is 79.9. The number of amides is 1. The molecule has 2 unspecified atom stereocenters. The van der Waals surface area contributed by atoms with Gasteiger partial charge in [-0.2, -0.15) is 0 Å². The molecule has 0 aliphatic carbocycles. The quantitative estimate of drug-likeness (QED) is 0.821. The molecular formula is C13H18BrNO2. The summed E-state index contributed by atoms with van der Waals surface area (Å²) in [5.74, 6) is 0.250. The second-order valence-electron chi connectivity index (χ2n) is 3.88. The van der Waals surface area contributed by atoms with E-state index in [1.807, 2.05) is 6.07 Å². The molecule has 0 saturated heterocycles. The second kappa shape index (κ2) is 6.64. The predicted octanol–water partition coefficient (Wildman–Crippen LogP) is 3.12. The third-order valence-electron chi connectivity index (χ3n) is 2.60. The molecule has 2 N–H and O–H groups in total. The van der Waals surface area contributed by atoms with Crippen molar-refractivity contribution in [3.05, 3.63) is 29.8 Å². The Kier molecular flexibility index (Phi) is 5.48. The number of primary amides is 1. The lowest BCUT2D eigenvalue weighted by Crippen LogP contribution is -2.26. The highest BCUT2D eigenvalue weighted by Gasteiger charge is 2.17. The van der Waals surface area contributed by atoms with Crippen LogP contribution in [-0.2, 0) is 0 Å². The number of alkyl halides is 1. The van der Waals surface area contributed by atoms with E-state index in [9.17, 15) is 4.79 Å². The Morgan fingerprint density at radius 1 is 1.41 bits per heavy atom. The minimum Gasteiger partial charge on any atom is -0.489 e. The minimum absolute atomic E-state index is 0.100. The summed E-state index contributed by atoms with van der Waals surface area (Å²) in [4.78, 5) is 11.4. The standard InChI is InChI=1S/C13H18BrNO2/c1-3-11(14)12(4-2)17-10-7-5-6-9(8-10)13(15)16/h5-8,11-12H,3-4H2,1-2H3,(H2,15,16). The summed E-state index contributed by atoms with van der Waals surface area (Å²) in [6.07, 6.45) is 2.00. The SMILES string of the molecule is CCC(Br)C(CC)Oc1cccc(C(N)=O)c1. The molecule has 0 heterocycles. The lowest BCUT2D eigenvalue weighted by atomic mass is 10.1. The maximum atomic E-state index is 11.1. The van der Waals surface area contributed by atoms with Crippen LogP contribution in [0.1, 0.15) is 37.0 Å². The molecule has 1 rings (SSSR count). The summed E-state index contributed by atoms with van der Waals surface area (Å²) in [6, 6.07) is 6.98. The minimum atomic E-state index is -0.436. The third-order valence-corrected chi connectivity index (χ3v) is 3.84. The smallest absolute Gasteiger partial charge is 0.248 e. The van der Waals surface area contributed by atoms with Crippen molar-refractivity contribution < 1.29 is 9.53 Å². The fraction of sp³-hybridized carbons (Fsp3) is 0.462. The molecule has 3 nitrogen and oxygen atoms in total. The number of ether oxygens (including phenoxy) is 1. The molecule has 0 radical (unpaired) electrons. The number of carbonyl (C=O) groups is 1. The topological polar surface area (TPSA) is 52.3 Å². The van der Waals surface area contributed by atoms with Crippen molar-refractivity contribution in [2.75, 3.05) is 0 Å². The Labute approximate surface area is 110 Å². The van der Waals surface area contributed by atoms with Crippen LogP contribution in [0.2, 0.25) is 0 Å². The van der Waals surface area contributed by atoms with E-state index in [0.717, 1.165) is 12.8 Å². The molecule has 4 heteroatoms. The van der Waals surface area contributed by atoms with Crippen LogP contribution in [0.3, 0.4) is 0 Å². The molecule has 0 aromatic heterocycles. The zero-order chi connectivity index (χ0) is 12.8. The van der Waals surface area contributed by atoms with E-state index in [1.54, 1.807) is 18.2 Å². The van der Waals surface area contributed by atoms with E-state index >= 15 is 0 Å². The van der Waals surface area contributed by atoms with Crippen LogP contribution in [0.15, 0.2) is 24.3 Å². The van der Waals surface area contributed by atoms with E-state index < -0.39 is 5.91 Å². The monoisotopic (exact) mass is 299 g/mol. The highest BCUT2D eigenvalue weighted by Crippen LogP contribution is 2.21. The fourth-order valence-corrected chi connectivity index (χ4v) is 2.06. The molecule has 1 aromatic rings. The van der Waals surface area contributed by atoms with Gasteiger partial charge in [0.05, 0.1) is 4.83 Å². The first kappa shape index (κ1) is 14.0. The van der Waals surface area contributed by atoms with Crippen molar-refractivity contribution in [2.45, 2.75) is 37.6 Å². The molecule has 2 atom stereocenters. The average molecular weight is 300 g/mol. The normalized spacial score (nSPS) is 14.1. The van der Waals surface area contributed by atoms with E-state index in [2.05, 4.69) is 29.8 Å². The molecule has 0 aliphatic heterocycles. The van der Waals surface area contributed by atoms with Gasteiger partial charge in [0.25, 0.3) is 0 Å². The number of rotatable bonds is 6. The molecule has 0 spiro atoms. The summed E-state index contributed by atoms with van der Waals surface area (Å²) in [5, 5.41) is 0. The Morgan fingerprint density at radius 3 is 2.65 bits per heavy atom.